The van der Waals surface area contributed by atoms with Crippen LogP contribution in [-0.2, 0) is 10.0 Å². The number of aryl methyl sites for hydroxylation is 1. The molecule has 3 aromatic carbocycles. The van der Waals surface area contributed by atoms with E-state index in [4.69, 9.17) is 0 Å². The van der Waals surface area contributed by atoms with E-state index in [1.807, 2.05) is 49.4 Å². The number of hydrogen-bond donors (Lipinski definition) is 2. The lowest BCUT2D eigenvalue weighted by Crippen LogP contribution is -2.29. The summed E-state index contributed by atoms with van der Waals surface area (Å²) in [6.07, 6.45) is 0. The van der Waals surface area contributed by atoms with Gasteiger partial charge in [0.15, 0.2) is 0 Å². The van der Waals surface area contributed by atoms with E-state index >= 15 is 0 Å². The number of anilines is 1. The van der Waals surface area contributed by atoms with Gasteiger partial charge in [-0.1, -0.05) is 48.0 Å². The van der Waals surface area contributed by atoms with E-state index in [1.54, 1.807) is 24.3 Å². The molecule has 0 fully saturated rings. The minimum atomic E-state index is -3.62. The van der Waals surface area contributed by atoms with Crippen molar-refractivity contribution in [2.45, 2.75) is 11.8 Å². The number of para-hydroxylation sites is 1. The number of rotatable bonds is 4. The normalized spacial score (nSPS) is 11.5. The predicted octanol–water partition coefficient (Wildman–Crippen LogP) is 3.45. The fraction of sp³-hybridized carbons (Fsp3) is 0.0588. The maximum absolute atomic E-state index is 12.3. The van der Waals surface area contributed by atoms with E-state index in [-0.39, 0.29) is 4.90 Å². The molecule has 0 bridgehead atoms. The molecule has 0 spiro atoms. The zero-order chi connectivity index (χ0) is 15.6. The molecule has 112 valence electrons. The van der Waals surface area contributed by atoms with Crippen LogP contribution in [0.4, 0.5) is 5.69 Å². The van der Waals surface area contributed by atoms with Gasteiger partial charge in [-0.3, -0.25) is 0 Å². The molecule has 0 saturated carbocycles. The summed E-state index contributed by atoms with van der Waals surface area (Å²) in [4.78, 5) is 2.62. The summed E-state index contributed by atoms with van der Waals surface area (Å²) in [6.45, 7) is 2.01. The van der Waals surface area contributed by atoms with E-state index in [9.17, 15) is 8.42 Å². The third-order valence-corrected chi connectivity index (χ3v) is 4.63. The van der Waals surface area contributed by atoms with E-state index in [0.29, 0.717) is 5.69 Å². The molecule has 2 N–H and O–H groups in total. The summed E-state index contributed by atoms with van der Waals surface area (Å²) in [5.41, 5.74) is 4.53. The minimum absolute atomic E-state index is 0.229. The van der Waals surface area contributed by atoms with Crippen molar-refractivity contribution >= 4 is 26.5 Å². The average Bonchev–Trinajstić information content (AvgIpc) is 2.53. The summed E-state index contributed by atoms with van der Waals surface area (Å²) in [7, 11) is -3.62. The van der Waals surface area contributed by atoms with Crippen molar-refractivity contribution in [3.63, 3.8) is 0 Å². The molecule has 0 aromatic heterocycles. The molecule has 0 heterocycles. The molecule has 0 atom stereocenters. The van der Waals surface area contributed by atoms with Gasteiger partial charge in [0.1, 0.15) is 0 Å². The largest absolute Gasteiger partial charge is 0.308 e. The van der Waals surface area contributed by atoms with Crippen molar-refractivity contribution in [2.75, 3.05) is 5.43 Å². The van der Waals surface area contributed by atoms with Gasteiger partial charge in [0, 0.05) is 5.69 Å². The van der Waals surface area contributed by atoms with Crippen molar-refractivity contribution < 1.29 is 8.42 Å². The zero-order valence-electron chi connectivity index (χ0n) is 12.1. The molecule has 0 amide bonds. The van der Waals surface area contributed by atoms with Crippen molar-refractivity contribution in [1.82, 2.24) is 4.83 Å². The Bertz CT molecular complexity index is 906. The highest BCUT2D eigenvalue weighted by Gasteiger charge is 2.14. The Morgan fingerprint density at radius 3 is 2.27 bits per heavy atom. The first kappa shape index (κ1) is 14.6. The quantitative estimate of drug-likeness (QED) is 0.725. The first-order chi connectivity index (χ1) is 10.5. The van der Waals surface area contributed by atoms with Crippen LogP contribution < -0.4 is 10.3 Å². The molecule has 0 saturated heterocycles. The van der Waals surface area contributed by atoms with Crippen LogP contribution in [0, 0.1) is 6.92 Å². The van der Waals surface area contributed by atoms with Gasteiger partial charge in [0.2, 0.25) is 0 Å². The fourth-order valence-electron chi connectivity index (χ4n) is 2.22. The SMILES string of the molecule is Cc1ccc2cc(S(=O)(=O)NNc3ccccc3)ccc2c1. The van der Waals surface area contributed by atoms with Gasteiger partial charge >= 0.3 is 0 Å². The van der Waals surface area contributed by atoms with Gasteiger partial charge in [-0.15, -0.1) is 4.83 Å². The Balaban J connectivity index is 1.87. The molecule has 0 unspecified atom stereocenters. The molecule has 4 nitrogen and oxygen atoms in total. The number of nitrogens with one attached hydrogen (secondary N) is 2. The second kappa shape index (κ2) is 5.79. The predicted molar refractivity (Wildman–Crippen MR) is 89.1 cm³/mol. The van der Waals surface area contributed by atoms with Gasteiger partial charge in [0.05, 0.1) is 4.90 Å². The van der Waals surface area contributed by atoms with E-state index in [1.165, 1.54) is 0 Å². The van der Waals surface area contributed by atoms with Crippen molar-refractivity contribution in [1.29, 1.82) is 0 Å². The minimum Gasteiger partial charge on any atom is -0.308 e. The Labute approximate surface area is 129 Å². The highest BCUT2D eigenvalue weighted by atomic mass is 32.2. The van der Waals surface area contributed by atoms with Gasteiger partial charge < -0.3 is 5.43 Å². The Morgan fingerprint density at radius 2 is 1.50 bits per heavy atom. The van der Waals surface area contributed by atoms with Crippen molar-refractivity contribution in [3.8, 4) is 0 Å². The number of sulfonamides is 1. The topological polar surface area (TPSA) is 58.2 Å². The third kappa shape index (κ3) is 3.10. The third-order valence-electron chi connectivity index (χ3n) is 3.38. The van der Waals surface area contributed by atoms with Gasteiger partial charge in [0.25, 0.3) is 10.0 Å². The molecule has 0 aliphatic rings. The molecular weight excluding hydrogens is 296 g/mol. The van der Waals surface area contributed by atoms with Crippen LogP contribution in [0.2, 0.25) is 0 Å². The van der Waals surface area contributed by atoms with Crippen molar-refractivity contribution in [2.24, 2.45) is 0 Å². The van der Waals surface area contributed by atoms with Crippen LogP contribution in [0.1, 0.15) is 5.56 Å². The van der Waals surface area contributed by atoms with Crippen LogP contribution in [0.3, 0.4) is 0 Å². The lowest BCUT2D eigenvalue weighted by molar-refractivity contribution is 0.588. The monoisotopic (exact) mass is 312 g/mol. The standard InChI is InChI=1S/C17H16N2O2S/c1-13-7-8-15-12-17(10-9-14(15)11-13)22(20,21)19-18-16-5-3-2-4-6-16/h2-12,18-19H,1H3. The number of benzene rings is 3. The molecule has 0 aliphatic heterocycles. The number of fused-ring (bicyclic) bond motifs is 1. The number of hydrazine groups is 1. The lowest BCUT2D eigenvalue weighted by atomic mass is 10.1. The lowest BCUT2D eigenvalue weighted by Gasteiger charge is -2.10. The van der Waals surface area contributed by atoms with Gasteiger partial charge in [-0.05, 0) is 42.0 Å². The molecule has 5 heteroatoms. The van der Waals surface area contributed by atoms with Crippen LogP contribution >= 0.6 is 0 Å². The molecule has 22 heavy (non-hydrogen) atoms. The Kier molecular flexibility index (Phi) is 3.83. The highest BCUT2D eigenvalue weighted by molar-refractivity contribution is 7.89. The van der Waals surface area contributed by atoms with Crippen LogP contribution in [0.25, 0.3) is 10.8 Å². The molecular formula is C17H16N2O2S. The Morgan fingerprint density at radius 1 is 0.818 bits per heavy atom. The molecule has 0 aliphatic carbocycles. The second-order valence-electron chi connectivity index (χ2n) is 5.11. The maximum atomic E-state index is 12.3. The summed E-state index contributed by atoms with van der Waals surface area (Å²) >= 11 is 0. The molecule has 3 aromatic rings. The zero-order valence-corrected chi connectivity index (χ0v) is 12.9. The average molecular weight is 312 g/mol. The highest BCUT2D eigenvalue weighted by Crippen LogP contribution is 2.20. The first-order valence-electron chi connectivity index (χ1n) is 6.88. The first-order valence-corrected chi connectivity index (χ1v) is 8.36. The Hall–Kier alpha value is -2.37. The van der Waals surface area contributed by atoms with E-state index in [2.05, 4.69) is 10.3 Å². The second-order valence-corrected chi connectivity index (χ2v) is 6.79. The molecule has 3 rings (SSSR count). The van der Waals surface area contributed by atoms with Gasteiger partial charge in [-0.25, -0.2) is 8.42 Å². The van der Waals surface area contributed by atoms with Gasteiger partial charge in [-0.2, -0.15) is 0 Å². The van der Waals surface area contributed by atoms with E-state index < -0.39 is 10.0 Å². The fourth-order valence-corrected chi connectivity index (χ4v) is 3.12. The summed E-state index contributed by atoms with van der Waals surface area (Å²) < 4.78 is 24.7. The van der Waals surface area contributed by atoms with Crippen LogP contribution in [0.5, 0.6) is 0 Å². The van der Waals surface area contributed by atoms with Crippen LogP contribution in [-0.4, -0.2) is 8.42 Å². The summed E-state index contributed by atoms with van der Waals surface area (Å²) in [6, 6.07) is 20.1. The summed E-state index contributed by atoms with van der Waals surface area (Å²) in [5.74, 6) is 0. The van der Waals surface area contributed by atoms with Crippen LogP contribution in [0.15, 0.2) is 71.6 Å². The van der Waals surface area contributed by atoms with E-state index in [0.717, 1.165) is 16.3 Å². The molecule has 0 radical (unpaired) electrons. The summed E-state index contributed by atoms with van der Waals surface area (Å²) in [5, 5.41) is 1.92. The van der Waals surface area contributed by atoms with Crippen molar-refractivity contribution in [3.05, 3.63) is 72.3 Å². The number of hydrogen-bond acceptors (Lipinski definition) is 3. The smallest absolute Gasteiger partial charge is 0.257 e. The maximum Gasteiger partial charge on any atom is 0.257 e.